The lowest BCUT2D eigenvalue weighted by molar-refractivity contribution is 0.00685. The maximum atomic E-state index is 15.1. The predicted molar refractivity (Wildman–Crippen MR) is 150 cm³/mol. The summed E-state index contributed by atoms with van der Waals surface area (Å²) in [5, 5.41) is 10.0. The second kappa shape index (κ2) is 13.2. The van der Waals surface area contributed by atoms with Crippen molar-refractivity contribution in [2.24, 2.45) is 23.7 Å². The van der Waals surface area contributed by atoms with Gasteiger partial charge in [-0.15, -0.1) is 0 Å². The van der Waals surface area contributed by atoms with Crippen LogP contribution in [0.4, 0.5) is 8.78 Å². The minimum Gasteiger partial charge on any atom is -0.493 e. The highest BCUT2D eigenvalue weighted by molar-refractivity contribution is 5.43. The van der Waals surface area contributed by atoms with Crippen LogP contribution in [0.3, 0.4) is 0 Å². The molecule has 0 saturated carbocycles. The first-order chi connectivity index (χ1) is 19.4. The van der Waals surface area contributed by atoms with Crippen molar-refractivity contribution in [1.82, 2.24) is 0 Å². The monoisotopic (exact) mass is 558 g/mol. The van der Waals surface area contributed by atoms with Crippen molar-refractivity contribution in [1.29, 1.82) is 0 Å². The summed E-state index contributed by atoms with van der Waals surface area (Å²) in [4.78, 5) is 0. The van der Waals surface area contributed by atoms with Crippen LogP contribution in [0.15, 0.2) is 24.3 Å². The Bertz CT molecular complexity index is 1150. The van der Waals surface area contributed by atoms with E-state index in [1.54, 1.807) is 18.2 Å². The zero-order valence-corrected chi connectivity index (χ0v) is 24.1. The maximum Gasteiger partial charge on any atom is 0.127 e. The number of aliphatic hydroxyl groups is 1. The van der Waals surface area contributed by atoms with Crippen molar-refractivity contribution in [2.75, 3.05) is 46.2 Å². The second-order valence-corrected chi connectivity index (χ2v) is 12.4. The normalized spacial score (nSPS) is 22.8. The summed E-state index contributed by atoms with van der Waals surface area (Å²) in [7, 11) is 0. The highest BCUT2D eigenvalue weighted by Gasteiger charge is 2.30. The number of hydrogen-bond acceptors (Lipinski definition) is 5. The Morgan fingerprint density at radius 2 is 1.55 bits per heavy atom. The minimum absolute atomic E-state index is 0.133. The molecule has 5 nitrogen and oxygen atoms in total. The Hall–Kier alpha value is -2.22. The molecule has 2 aromatic rings. The molecule has 5 rings (SSSR count). The van der Waals surface area contributed by atoms with Gasteiger partial charge in [0.2, 0.25) is 0 Å². The van der Waals surface area contributed by atoms with Gasteiger partial charge in [0.05, 0.1) is 39.6 Å². The molecule has 40 heavy (non-hydrogen) atoms. The third kappa shape index (κ3) is 6.63. The second-order valence-electron chi connectivity index (χ2n) is 12.4. The van der Waals surface area contributed by atoms with Crippen molar-refractivity contribution < 1.29 is 32.8 Å². The predicted octanol–water partition coefficient (Wildman–Crippen LogP) is 6.44. The number of ether oxygens (including phenoxy) is 4. The molecule has 1 N–H and O–H groups in total. The minimum atomic E-state index is -0.445. The van der Waals surface area contributed by atoms with E-state index >= 15 is 4.39 Å². The van der Waals surface area contributed by atoms with Gasteiger partial charge >= 0.3 is 0 Å². The fraction of sp³-hybridized carbons (Fsp3) is 0.636. The summed E-state index contributed by atoms with van der Waals surface area (Å²) in [5.41, 5.74) is 3.01. The molecular formula is C33H44F2O5. The molecule has 0 aromatic heterocycles. The lowest BCUT2D eigenvalue weighted by atomic mass is 9.83. The number of benzene rings is 2. The highest BCUT2D eigenvalue weighted by atomic mass is 19.1. The number of fused-ring (bicyclic) bond motifs is 2. The summed E-state index contributed by atoms with van der Waals surface area (Å²) < 4.78 is 53.0. The first-order valence-electron chi connectivity index (χ1n) is 15.0. The van der Waals surface area contributed by atoms with Crippen molar-refractivity contribution in [3.8, 4) is 11.5 Å². The van der Waals surface area contributed by atoms with E-state index in [1.165, 1.54) is 0 Å². The lowest BCUT2D eigenvalue weighted by Gasteiger charge is -2.32. The van der Waals surface area contributed by atoms with Crippen LogP contribution in [0.25, 0.3) is 0 Å². The quantitative estimate of drug-likeness (QED) is 0.325. The summed E-state index contributed by atoms with van der Waals surface area (Å²) in [6.45, 7) is 9.52. The molecule has 5 atom stereocenters. The highest BCUT2D eigenvalue weighted by Crippen LogP contribution is 2.37. The van der Waals surface area contributed by atoms with Crippen LogP contribution >= 0.6 is 0 Å². The third-order valence-electron chi connectivity index (χ3n) is 9.14. The number of hydrogen-bond donors (Lipinski definition) is 1. The zero-order chi connectivity index (χ0) is 28.2. The molecule has 0 aliphatic carbocycles. The van der Waals surface area contributed by atoms with Gasteiger partial charge < -0.3 is 24.1 Å². The summed E-state index contributed by atoms with van der Waals surface area (Å²) >= 11 is 0. The Labute approximate surface area is 237 Å². The van der Waals surface area contributed by atoms with E-state index in [0.29, 0.717) is 61.9 Å². The lowest BCUT2D eigenvalue weighted by Crippen LogP contribution is -2.28. The smallest absolute Gasteiger partial charge is 0.127 e. The van der Waals surface area contributed by atoms with Crippen LogP contribution in [0.1, 0.15) is 74.1 Å². The van der Waals surface area contributed by atoms with Crippen LogP contribution in [0, 0.1) is 35.3 Å². The molecule has 2 aromatic carbocycles. The molecule has 3 aliphatic heterocycles. The topological polar surface area (TPSA) is 57.2 Å². The van der Waals surface area contributed by atoms with E-state index in [0.717, 1.165) is 54.7 Å². The van der Waals surface area contributed by atoms with E-state index in [2.05, 4.69) is 20.8 Å². The summed E-state index contributed by atoms with van der Waals surface area (Å²) in [5.74, 6) is 2.14. The standard InChI is InChI=1S/C33H44F2O5/c1-4-5-22-7-24-9-30(34)28(11-32(24)39-15-22)26(13-36)17-37-14-21(3)20(2)6-23-8-25-10-31(35)29(27-18-38-19-27)12-33(25)40-16-23/h9-12,20-23,26-27,36H,4-8,13-19H2,1-3H3/t20?,21-,22?,23?,26?/m1/s1. The SMILES string of the molecule is CCCC1COc2cc(C(CO)COC[C@@H](C)C(C)CC3COc4cc(C5COC5)c(F)cc4C3)c(F)cc2C1. The van der Waals surface area contributed by atoms with Crippen molar-refractivity contribution >= 4 is 0 Å². The average molecular weight is 559 g/mol. The van der Waals surface area contributed by atoms with Crippen molar-refractivity contribution in [2.45, 2.75) is 64.7 Å². The zero-order valence-electron chi connectivity index (χ0n) is 24.1. The molecule has 0 spiro atoms. The fourth-order valence-corrected chi connectivity index (χ4v) is 6.31. The number of halogens is 2. The molecule has 220 valence electrons. The van der Waals surface area contributed by atoms with E-state index in [-0.39, 0.29) is 36.7 Å². The first-order valence-corrected chi connectivity index (χ1v) is 15.0. The average Bonchev–Trinajstić information content (AvgIpc) is 2.90. The van der Waals surface area contributed by atoms with Crippen LogP contribution in [-0.2, 0) is 22.3 Å². The van der Waals surface area contributed by atoms with Gasteiger partial charge in [0.25, 0.3) is 0 Å². The molecule has 3 aliphatic rings. The van der Waals surface area contributed by atoms with Gasteiger partial charge in [-0.1, -0.05) is 27.2 Å². The summed E-state index contributed by atoms with van der Waals surface area (Å²) in [6.07, 6.45) is 4.74. The number of rotatable bonds is 12. The molecule has 1 saturated heterocycles. The molecule has 4 unspecified atom stereocenters. The van der Waals surface area contributed by atoms with E-state index in [9.17, 15) is 9.50 Å². The molecule has 3 heterocycles. The molecule has 0 amide bonds. The third-order valence-corrected chi connectivity index (χ3v) is 9.14. The molecule has 0 radical (unpaired) electrons. The number of aliphatic hydroxyl groups excluding tert-OH is 1. The van der Waals surface area contributed by atoms with Gasteiger partial charge in [-0.2, -0.15) is 0 Å². The van der Waals surface area contributed by atoms with Gasteiger partial charge in [-0.25, -0.2) is 8.78 Å². The van der Waals surface area contributed by atoms with E-state index in [1.807, 2.05) is 6.07 Å². The Morgan fingerprint density at radius 3 is 2.23 bits per heavy atom. The first kappa shape index (κ1) is 29.3. The molecule has 7 heteroatoms. The van der Waals surface area contributed by atoms with Gasteiger partial charge in [0.15, 0.2) is 0 Å². The van der Waals surface area contributed by atoms with Gasteiger partial charge in [0.1, 0.15) is 23.1 Å². The van der Waals surface area contributed by atoms with Crippen LogP contribution in [0.2, 0.25) is 0 Å². The van der Waals surface area contributed by atoms with Crippen LogP contribution < -0.4 is 9.47 Å². The fourth-order valence-electron chi connectivity index (χ4n) is 6.31. The Morgan fingerprint density at radius 1 is 0.875 bits per heavy atom. The largest absolute Gasteiger partial charge is 0.493 e. The molecule has 1 fully saturated rings. The van der Waals surface area contributed by atoms with E-state index < -0.39 is 5.92 Å². The maximum absolute atomic E-state index is 15.1. The van der Waals surface area contributed by atoms with Crippen LogP contribution in [0.5, 0.6) is 11.5 Å². The van der Waals surface area contributed by atoms with E-state index in [4.69, 9.17) is 18.9 Å². The van der Waals surface area contributed by atoms with Gasteiger partial charge in [0, 0.05) is 18.4 Å². The molecular weight excluding hydrogens is 514 g/mol. The Balaban J connectivity index is 1.11. The van der Waals surface area contributed by atoms with Crippen LogP contribution in [-0.4, -0.2) is 51.4 Å². The van der Waals surface area contributed by atoms with Crippen molar-refractivity contribution in [3.05, 3.63) is 58.2 Å². The summed E-state index contributed by atoms with van der Waals surface area (Å²) in [6, 6.07) is 6.86. The molecule has 0 bridgehead atoms. The Kier molecular flexibility index (Phi) is 9.64. The van der Waals surface area contributed by atoms with Gasteiger partial charge in [-0.3, -0.25) is 0 Å². The van der Waals surface area contributed by atoms with Gasteiger partial charge in [-0.05, 0) is 95.9 Å². The van der Waals surface area contributed by atoms with Crippen molar-refractivity contribution in [3.63, 3.8) is 0 Å².